The van der Waals surface area contributed by atoms with Crippen molar-refractivity contribution in [1.82, 2.24) is 10.3 Å². The molecular weight excluding hydrogens is 240 g/mol. The maximum Gasteiger partial charge on any atom is 0.0922 e. The molecule has 86 valence electrons. The predicted octanol–water partition coefficient (Wildman–Crippen LogP) is 2.34. The van der Waals surface area contributed by atoms with Crippen molar-refractivity contribution >= 4 is 22.7 Å². The van der Waals surface area contributed by atoms with Crippen molar-refractivity contribution in [2.24, 2.45) is 0 Å². The number of rotatable bonds is 5. The molecule has 2 aromatic heterocycles. The van der Waals surface area contributed by atoms with Crippen LogP contribution in [0.1, 0.15) is 22.4 Å². The summed E-state index contributed by atoms with van der Waals surface area (Å²) in [5, 5.41) is 20.1. The molecule has 0 aromatic carbocycles. The standard InChI is InChI=1S/C11H14N2OS2/c1-8-13-10(7-16-8)4-12-5-11(14)9-2-3-15-6-9/h2-3,6-7,11-12,14H,4-5H2,1H3. The third kappa shape index (κ3) is 3.12. The molecular formula is C11H14N2OS2. The molecule has 0 saturated heterocycles. The summed E-state index contributed by atoms with van der Waals surface area (Å²) < 4.78 is 0. The molecule has 0 spiro atoms. The average Bonchev–Trinajstić information content (AvgIpc) is 2.89. The Morgan fingerprint density at radius 2 is 2.38 bits per heavy atom. The van der Waals surface area contributed by atoms with E-state index in [4.69, 9.17) is 0 Å². The Balaban J connectivity index is 1.76. The molecule has 0 amide bonds. The molecule has 0 saturated carbocycles. The first-order valence-corrected chi connectivity index (χ1v) is 6.90. The van der Waals surface area contributed by atoms with Crippen LogP contribution in [0.5, 0.6) is 0 Å². The molecule has 0 bridgehead atoms. The lowest BCUT2D eigenvalue weighted by atomic mass is 10.2. The minimum Gasteiger partial charge on any atom is -0.387 e. The molecule has 0 aliphatic heterocycles. The second kappa shape index (κ2) is 5.54. The zero-order chi connectivity index (χ0) is 11.4. The second-order valence-corrected chi connectivity index (χ2v) is 5.40. The number of aryl methyl sites for hydroxylation is 1. The first-order chi connectivity index (χ1) is 7.75. The minimum atomic E-state index is -0.425. The van der Waals surface area contributed by atoms with Crippen LogP contribution in [0.4, 0.5) is 0 Å². The van der Waals surface area contributed by atoms with E-state index in [1.54, 1.807) is 22.7 Å². The van der Waals surface area contributed by atoms with Gasteiger partial charge in [-0.05, 0) is 29.3 Å². The summed E-state index contributed by atoms with van der Waals surface area (Å²) in [7, 11) is 0. The molecule has 1 unspecified atom stereocenters. The van der Waals surface area contributed by atoms with Crippen molar-refractivity contribution in [3.8, 4) is 0 Å². The Morgan fingerprint density at radius 3 is 3.00 bits per heavy atom. The van der Waals surface area contributed by atoms with Crippen LogP contribution in [-0.2, 0) is 6.54 Å². The van der Waals surface area contributed by atoms with Gasteiger partial charge in [0.25, 0.3) is 0 Å². The fourth-order valence-electron chi connectivity index (χ4n) is 1.41. The third-order valence-electron chi connectivity index (χ3n) is 2.24. The van der Waals surface area contributed by atoms with Gasteiger partial charge < -0.3 is 10.4 Å². The highest BCUT2D eigenvalue weighted by atomic mass is 32.1. The molecule has 0 fully saturated rings. The monoisotopic (exact) mass is 254 g/mol. The minimum absolute atomic E-state index is 0.425. The van der Waals surface area contributed by atoms with Gasteiger partial charge in [-0.1, -0.05) is 0 Å². The normalized spacial score (nSPS) is 12.9. The largest absolute Gasteiger partial charge is 0.387 e. The van der Waals surface area contributed by atoms with Gasteiger partial charge in [0.15, 0.2) is 0 Å². The Hall–Kier alpha value is -0.750. The number of hydrogen-bond donors (Lipinski definition) is 2. The SMILES string of the molecule is Cc1nc(CNCC(O)c2ccsc2)cs1. The van der Waals surface area contributed by atoms with Crippen LogP contribution >= 0.6 is 22.7 Å². The summed E-state index contributed by atoms with van der Waals surface area (Å²) in [5.41, 5.74) is 2.02. The van der Waals surface area contributed by atoms with E-state index >= 15 is 0 Å². The molecule has 16 heavy (non-hydrogen) atoms. The molecule has 2 N–H and O–H groups in total. The molecule has 3 nitrogen and oxygen atoms in total. The van der Waals surface area contributed by atoms with E-state index in [9.17, 15) is 5.11 Å². The second-order valence-electron chi connectivity index (χ2n) is 3.56. The van der Waals surface area contributed by atoms with Gasteiger partial charge in [-0.2, -0.15) is 11.3 Å². The molecule has 0 radical (unpaired) electrons. The molecule has 0 aliphatic rings. The van der Waals surface area contributed by atoms with Crippen LogP contribution in [0, 0.1) is 6.92 Å². The first-order valence-electron chi connectivity index (χ1n) is 5.07. The summed E-state index contributed by atoms with van der Waals surface area (Å²) in [6.07, 6.45) is -0.425. The molecule has 2 aromatic rings. The maximum absolute atomic E-state index is 9.82. The fraction of sp³-hybridized carbons (Fsp3) is 0.364. The average molecular weight is 254 g/mol. The van der Waals surface area contributed by atoms with E-state index in [-0.39, 0.29) is 0 Å². The van der Waals surface area contributed by atoms with Crippen LogP contribution in [0.2, 0.25) is 0 Å². The van der Waals surface area contributed by atoms with E-state index in [0.717, 1.165) is 16.3 Å². The zero-order valence-electron chi connectivity index (χ0n) is 9.01. The number of aliphatic hydroxyl groups is 1. The van der Waals surface area contributed by atoms with E-state index in [0.29, 0.717) is 13.1 Å². The summed E-state index contributed by atoms with van der Waals surface area (Å²) in [6, 6.07) is 1.95. The lowest BCUT2D eigenvalue weighted by Gasteiger charge is -2.09. The smallest absolute Gasteiger partial charge is 0.0922 e. The Bertz CT molecular complexity index is 425. The van der Waals surface area contributed by atoms with E-state index in [1.165, 1.54) is 0 Å². The van der Waals surface area contributed by atoms with Gasteiger partial charge in [-0.25, -0.2) is 4.98 Å². The highest BCUT2D eigenvalue weighted by Crippen LogP contribution is 2.15. The number of aliphatic hydroxyl groups excluding tert-OH is 1. The number of thiazole rings is 1. The lowest BCUT2D eigenvalue weighted by molar-refractivity contribution is 0.174. The van der Waals surface area contributed by atoms with Gasteiger partial charge in [0.05, 0.1) is 16.8 Å². The molecule has 2 rings (SSSR count). The van der Waals surface area contributed by atoms with Crippen LogP contribution in [0.3, 0.4) is 0 Å². The number of aromatic nitrogens is 1. The highest BCUT2D eigenvalue weighted by Gasteiger charge is 2.07. The quantitative estimate of drug-likeness (QED) is 0.861. The van der Waals surface area contributed by atoms with Crippen LogP contribution in [0.15, 0.2) is 22.2 Å². The Kier molecular flexibility index (Phi) is 4.06. The topological polar surface area (TPSA) is 45.2 Å². The van der Waals surface area contributed by atoms with Crippen molar-refractivity contribution in [2.75, 3.05) is 6.54 Å². The predicted molar refractivity (Wildman–Crippen MR) is 67.8 cm³/mol. The lowest BCUT2D eigenvalue weighted by Crippen LogP contribution is -2.20. The molecule has 5 heteroatoms. The van der Waals surface area contributed by atoms with Gasteiger partial charge in [0.2, 0.25) is 0 Å². The first kappa shape index (κ1) is 11.7. The molecule has 2 heterocycles. The number of nitrogens with one attached hydrogen (secondary N) is 1. The van der Waals surface area contributed by atoms with Crippen molar-refractivity contribution in [3.63, 3.8) is 0 Å². The molecule has 0 aliphatic carbocycles. The summed E-state index contributed by atoms with van der Waals surface area (Å²) in [5.74, 6) is 0. The maximum atomic E-state index is 9.82. The number of thiophene rings is 1. The van der Waals surface area contributed by atoms with Crippen LogP contribution in [0.25, 0.3) is 0 Å². The van der Waals surface area contributed by atoms with Crippen LogP contribution < -0.4 is 5.32 Å². The van der Waals surface area contributed by atoms with E-state index in [2.05, 4.69) is 10.3 Å². The van der Waals surface area contributed by atoms with Crippen molar-refractivity contribution in [2.45, 2.75) is 19.6 Å². The van der Waals surface area contributed by atoms with Gasteiger partial charge in [0, 0.05) is 18.5 Å². The Morgan fingerprint density at radius 1 is 1.50 bits per heavy atom. The fourth-order valence-corrected chi connectivity index (χ4v) is 2.73. The zero-order valence-corrected chi connectivity index (χ0v) is 10.6. The summed E-state index contributed by atoms with van der Waals surface area (Å²) >= 11 is 3.25. The number of nitrogens with zero attached hydrogens (tertiary/aromatic N) is 1. The summed E-state index contributed by atoms with van der Waals surface area (Å²) in [6.45, 7) is 3.27. The highest BCUT2D eigenvalue weighted by molar-refractivity contribution is 7.09. The van der Waals surface area contributed by atoms with Crippen LogP contribution in [-0.4, -0.2) is 16.6 Å². The Labute approximate surface area is 103 Å². The van der Waals surface area contributed by atoms with Crippen molar-refractivity contribution in [3.05, 3.63) is 38.5 Å². The van der Waals surface area contributed by atoms with Gasteiger partial charge in [0.1, 0.15) is 0 Å². The van der Waals surface area contributed by atoms with Crippen molar-refractivity contribution in [1.29, 1.82) is 0 Å². The summed E-state index contributed by atoms with van der Waals surface area (Å²) in [4.78, 5) is 4.35. The van der Waals surface area contributed by atoms with Crippen molar-refractivity contribution < 1.29 is 5.11 Å². The molecule has 1 atom stereocenters. The number of hydrogen-bond acceptors (Lipinski definition) is 5. The van der Waals surface area contributed by atoms with Gasteiger partial charge in [-0.15, -0.1) is 11.3 Å². The van der Waals surface area contributed by atoms with E-state index in [1.807, 2.05) is 29.1 Å². The van der Waals surface area contributed by atoms with Gasteiger partial charge in [-0.3, -0.25) is 0 Å². The third-order valence-corrected chi connectivity index (χ3v) is 3.76. The van der Waals surface area contributed by atoms with E-state index < -0.39 is 6.10 Å². The van der Waals surface area contributed by atoms with Gasteiger partial charge >= 0.3 is 0 Å².